The zero-order chi connectivity index (χ0) is 8.81. The number of ether oxygens (including phenoxy) is 1. The molecule has 0 fully saturated rings. The number of nitrogens with zero attached hydrogens (tertiary/aromatic N) is 1. The molecule has 0 N–H and O–H groups in total. The number of hydrogen-bond acceptors (Lipinski definition) is 2. The van der Waals surface area contributed by atoms with Gasteiger partial charge in [-0.3, -0.25) is 0 Å². The summed E-state index contributed by atoms with van der Waals surface area (Å²) >= 11 is 0. The summed E-state index contributed by atoms with van der Waals surface area (Å²) in [7, 11) is 0. The third-order valence-electron chi connectivity index (χ3n) is 1.42. The molecule has 0 unspecified atom stereocenters. The summed E-state index contributed by atoms with van der Waals surface area (Å²) in [4.78, 5) is 0. The molecule has 1 aromatic rings. The van der Waals surface area contributed by atoms with Crippen molar-refractivity contribution in [1.82, 2.24) is 0 Å². The Morgan fingerprint density at radius 2 is 2.42 bits per heavy atom. The molecule has 0 bridgehead atoms. The van der Waals surface area contributed by atoms with Crippen LogP contribution in [0.4, 0.5) is 0 Å². The Bertz CT molecular complexity index is 312. The Kier molecular flexibility index (Phi) is 2.92. The topological polar surface area (TPSA) is 33.0 Å². The zero-order valence-corrected chi connectivity index (χ0v) is 6.66. The van der Waals surface area contributed by atoms with Gasteiger partial charge in [0.15, 0.2) is 0 Å². The highest BCUT2D eigenvalue weighted by Crippen LogP contribution is 2.05. The van der Waals surface area contributed by atoms with Crippen LogP contribution in [0.1, 0.15) is 11.1 Å². The maximum absolute atomic E-state index is 8.58. The average Bonchev–Trinajstić information content (AvgIpc) is 2.15. The summed E-state index contributed by atoms with van der Waals surface area (Å²) in [5, 5.41) is 8.58. The predicted molar refractivity (Wildman–Crippen MR) is 46.1 cm³/mol. The van der Waals surface area contributed by atoms with E-state index >= 15 is 0 Å². The van der Waals surface area contributed by atoms with Crippen LogP contribution in [0, 0.1) is 11.3 Å². The van der Waals surface area contributed by atoms with Crippen molar-refractivity contribution in [2.75, 3.05) is 0 Å². The Morgan fingerprint density at radius 3 is 3.08 bits per heavy atom. The lowest BCUT2D eigenvalue weighted by Crippen LogP contribution is -1.86. The van der Waals surface area contributed by atoms with Gasteiger partial charge in [-0.25, -0.2) is 0 Å². The van der Waals surface area contributed by atoms with E-state index in [-0.39, 0.29) is 0 Å². The highest BCUT2D eigenvalue weighted by molar-refractivity contribution is 5.32. The minimum atomic E-state index is 0.471. The third-order valence-corrected chi connectivity index (χ3v) is 1.42. The van der Waals surface area contributed by atoms with Gasteiger partial charge in [0.05, 0.1) is 17.9 Å². The lowest BCUT2D eigenvalue weighted by molar-refractivity contribution is 0.237. The van der Waals surface area contributed by atoms with Gasteiger partial charge in [0, 0.05) is 0 Å². The highest BCUT2D eigenvalue weighted by atomic mass is 16.5. The summed E-state index contributed by atoms with van der Waals surface area (Å²) in [5.74, 6) is 0. The standard InChI is InChI=1S/C10H9NO/c1-2-12-8-10-5-3-4-9(6-10)7-11/h2-6H,1,8H2. The molecule has 0 aliphatic carbocycles. The molecule has 60 valence electrons. The van der Waals surface area contributed by atoms with Crippen LogP contribution in [0.2, 0.25) is 0 Å². The monoisotopic (exact) mass is 159 g/mol. The fourth-order valence-corrected chi connectivity index (χ4v) is 0.886. The van der Waals surface area contributed by atoms with E-state index in [9.17, 15) is 0 Å². The lowest BCUT2D eigenvalue weighted by atomic mass is 10.1. The van der Waals surface area contributed by atoms with Crippen LogP contribution in [0.25, 0.3) is 0 Å². The Labute approximate surface area is 71.7 Å². The molecule has 0 heterocycles. The Hall–Kier alpha value is -1.75. The van der Waals surface area contributed by atoms with E-state index in [2.05, 4.69) is 12.6 Å². The van der Waals surface area contributed by atoms with Gasteiger partial charge in [0.25, 0.3) is 0 Å². The molecule has 0 aliphatic rings. The average molecular weight is 159 g/mol. The molecule has 1 aromatic carbocycles. The van der Waals surface area contributed by atoms with Crippen LogP contribution in [-0.4, -0.2) is 0 Å². The lowest BCUT2D eigenvalue weighted by Gasteiger charge is -1.99. The van der Waals surface area contributed by atoms with Crippen molar-refractivity contribution in [1.29, 1.82) is 5.26 Å². The summed E-state index contributed by atoms with van der Waals surface area (Å²) < 4.78 is 4.97. The predicted octanol–water partition coefficient (Wildman–Crippen LogP) is 2.22. The van der Waals surface area contributed by atoms with Gasteiger partial charge in [0.2, 0.25) is 0 Å². The van der Waals surface area contributed by atoms with Crippen LogP contribution in [0.15, 0.2) is 37.1 Å². The minimum absolute atomic E-state index is 0.471. The number of hydrogen-bond donors (Lipinski definition) is 0. The smallest absolute Gasteiger partial charge is 0.112 e. The molecule has 0 amide bonds. The van der Waals surface area contributed by atoms with Gasteiger partial charge in [-0.1, -0.05) is 18.7 Å². The van der Waals surface area contributed by atoms with Gasteiger partial charge >= 0.3 is 0 Å². The van der Waals surface area contributed by atoms with E-state index in [0.29, 0.717) is 12.2 Å². The molecular weight excluding hydrogens is 150 g/mol. The molecular formula is C10H9NO. The summed E-state index contributed by atoms with van der Waals surface area (Å²) in [6.07, 6.45) is 1.39. The second-order valence-corrected chi connectivity index (χ2v) is 2.29. The first-order valence-electron chi connectivity index (χ1n) is 3.58. The largest absolute Gasteiger partial charge is 0.497 e. The first-order chi connectivity index (χ1) is 5.86. The SMILES string of the molecule is C=COCc1cccc(C#N)c1. The van der Waals surface area contributed by atoms with Gasteiger partial charge in [0.1, 0.15) is 6.61 Å². The Morgan fingerprint density at radius 1 is 1.58 bits per heavy atom. The van der Waals surface area contributed by atoms with E-state index in [4.69, 9.17) is 10.00 Å². The van der Waals surface area contributed by atoms with Crippen LogP contribution < -0.4 is 0 Å². The van der Waals surface area contributed by atoms with Crippen molar-refractivity contribution in [3.8, 4) is 6.07 Å². The van der Waals surface area contributed by atoms with Crippen molar-refractivity contribution in [2.45, 2.75) is 6.61 Å². The van der Waals surface area contributed by atoms with Gasteiger partial charge < -0.3 is 4.74 Å². The quantitative estimate of drug-likeness (QED) is 0.633. The van der Waals surface area contributed by atoms with E-state index in [1.165, 1.54) is 6.26 Å². The summed E-state index contributed by atoms with van der Waals surface area (Å²) in [5.41, 5.74) is 1.63. The van der Waals surface area contributed by atoms with Gasteiger partial charge in [-0.2, -0.15) is 5.26 Å². The van der Waals surface area contributed by atoms with Crippen LogP contribution in [-0.2, 0) is 11.3 Å². The van der Waals surface area contributed by atoms with Crippen molar-refractivity contribution < 1.29 is 4.74 Å². The fourth-order valence-electron chi connectivity index (χ4n) is 0.886. The zero-order valence-electron chi connectivity index (χ0n) is 6.66. The van der Waals surface area contributed by atoms with Crippen molar-refractivity contribution in [3.63, 3.8) is 0 Å². The molecule has 2 heteroatoms. The molecule has 12 heavy (non-hydrogen) atoms. The first kappa shape index (κ1) is 8.35. The maximum atomic E-state index is 8.58. The summed E-state index contributed by atoms with van der Waals surface area (Å²) in [6, 6.07) is 9.36. The van der Waals surface area contributed by atoms with Crippen molar-refractivity contribution in [3.05, 3.63) is 48.2 Å². The molecule has 0 aliphatic heterocycles. The van der Waals surface area contributed by atoms with E-state index in [0.717, 1.165) is 5.56 Å². The van der Waals surface area contributed by atoms with Gasteiger partial charge in [-0.05, 0) is 17.7 Å². The van der Waals surface area contributed by atoms with Gasteiger partial charge in [-0.15, -0.1) is 0 Å². The molecule has 0 saturated heterocycles. The summed E-state index contributed by atoms with van der Waals surface area (Å²) in [6.45, 7) is 3.90. The molecule has 2 nitrogen and oxygen atoms in total. The maximum Gasteiger partial charge on any atom is 0.112 e. The molecule has 0 spiro atoms. The highest BCUT2D eigenvalue weighted by Gasteiger charge is 1.93. The number of nitriles is 1. The minimum Gasteiger partial charge on any atom is -0.497 e. The van der Waals surface area contributed by atoms with Crippen molar-refractivity contribution >= 4 is 0 Å². The fraction of sp³-hybridized carbons (Fsp3) is 0.100. The van der Waals surface area contributed by atoms with Crippen LogP contribution >= 0.6 is 0 Å². The second kappa shape index (κ2) is 4.20. The number of benzene rings is 1. The molecule has 0 atom stereocenters. The molecule has 0 aromatic heterocycles. The molecule has 1 rings (SSSR count). The third kappa shape index (κ3) is 2.14. The Balaban J connectivity index is 2.74. The molecule has 0 radical (unpaired) electrons. The molecule has 0 saturated carbocycles. The van der Waals surface area contributed by atoms with Crippen LogP contribution in [0.3, 0.4) is 0 Å². The normalized spacial score (nSPS) is 8.58. The second-order valence-electron chi connectivity index (χ2n) is 2.29. The van der Waals surface area contributed by atoms with Crippen molar-refractivity contribution in [2.24, 2.45) is 0 Å². The van der Waals surface area contributed by atoms with Crippen LogP contribution in [0.5, 0.6) is 0 Å². The van der Waals surface area contributed by atoms with E-state index in [1.54, 1.807) is 12.1 Å². The first-order valence-corrected chi connectivity index (χ1v) is 3.58. The number of rotatable bonds is 3. The van der Waals surface area contributed by atoms with E-state index < -0.39 is 0 Å². The van der Waals surface area contributed by atoms with E-state index in [1.807, 2.05) is 12.1 Å².